The second-order valence-corrected chi connectivity index (χ2v) is 7.44. The Morgan fingerprint density at radius 1 is 1.22 bits per heavy atom. The van der Waals surface area contributed by atoms with Crippen LogP contribution in [0.1, 0.15) is 16.1 Å². The maximum atomic E-state index is 12.8. The molecule has 142 valence electrons. The van der Waals surface area contributed by atoms with Gasteiger partial charge in [-0.05, 0) is 31.2 Å². The minimum absolute atomic E-state index is 0.0343. The van der Waals surface area contributed by atoms with Gasteiger partial charge in [-0.1, -0.05) is 0 Å². The lowest BCUT2D eigenvalue weighted by molar-refractivity contribution is 0.0601. The van der Waals surface area contributed by atoms with Crippen molar-refractivity contribution >= 4 is 32.7 Å². The van der Waals surface area contributed by atoms with E-state index in [1.54, 1.807) is 18.7 Å². The van der Waals surface area contributed by atoms with Gasteiger partial charge in [-0.2, -0.15) is 5.10 Å². The molecule has 0 fully saturated rings. The zero-order valence-corrected chi connectivity index (χ0v) is 16.0. The van der Waals surface area contributed by atoms with Crippen LogP contribution in [0, 0.1) is 6.92 Å². The number of fused-ring (bicyclic) bond motifs is 1. The quantitative estimate of drug-likeness (QED) is 0.662. The van der Waals surface area contributed by atoms with E-state index >= 15 is 0 Å². The molecule has 0 aliphatic carbocycles. The number of aromatic nitrogens is 3. The molecule has 0 unspecified atom stereocenters. The number of rotatable bonds is 5. The van der Waals surface area contributed by atoms with Gasteiger partial charge in [0.1, 0.15) is 10.6 Å². The number of esters is 1. The summed E-state index contributed by atoms with van der Waals surface area (Å²) in [4.78, 5) is 16.1. The number of carbonyl (C=O) groups is 1. The minimum atomic E-state index is -3.99. The molecule has 9 nitrogen and oxygen atoms in total. The van der Waals surface area contributed by atoms with Crippen molar-refractivity contribution in [2.45, 2.75) is 11.8 Å². The topological polar surface area (TPSA) is 112 Å². The Labute approximate surface area is 156 Å². The number of benzene rings is 1. The van der Waals surface area contributed by atoms with Crippen molar-refractivity contribution < 1.29 is 22.7 Å². The molecule has 2 heterocycles. The highest BCUT2D eigenvalue weighted by Gasteiger charge is 2.21. The normalized spacial score (nSPS) is 11.4. The van der Waals surface area contributed by atoms with Gasteiger partial charge in [-0.15, -0.1) is 0 Å². The van der Waals surface area contributed by atoms with Gasteiger partial charge in [0.2, 0.25) is 0 Å². The van der Waals surface area contributed by atoms with Gasteiger partial charge in [0, 0.05) is 18.6 Å². The number of anilines is 1. The number of ether oxygens (including phenoxy) is 2. The Bertz CT molecular complexity index is 1140. The fourth-order valence-electron chi connectivity index (χ4n) is 2.66. The lowest BCUT2D eigenvalue weighted by atomic mass is 10.2. The average Bonchev–Trinajstić information content (AvgIpc) is 2.94. The molecule has 10 heteroatoms. The summed E-state index contributed by atoms with van der Waals surface area (Å²) in [5, 5.41) is 4.86. The number of nitrogens with one attached hydrogen (secondary N) is 1. The zero-order chi connectivity index (χ0) is 19.8. The van der Waals surface area contributed by atoms with Crippen molar-refractivity contribution in [3.8, 4) is 5.75 Å². The highest BCUT2D eigenvalue weighted by Crippen LogP contribution is 2.26. The molecule has 0 aliphatic rings. The first-order valence-electron chi connectivity index (χ1n) is 7.85. The van der Waals surface area contributed by atoms with E-state index in [4.69, 9.17) is 9.47 Å². The number of carbonyl (C=O) groups excluding carboxylic acids is 1. The second kappa shape index (κ2) is 6.88. The lowest BCUT2D eigenvalue weighted by Gasteiger charge is -2.13. The number of pyridine rings is 1. The zero-order valence-electron chi connectivity index (χ0n) is 15.2. The summed E-state index contributed by atoms with van der Waals surface area (Å²) in [6.07, 6.45) is 1.24. The third-order valence-corrected chi connectivity index (χ3v) is 5.36. The molecular formula is C17H18N4O5S. The molecule has 0 amide bonds. The van der Waals surface area contributed by atoms with Crippen molar-refractivity contribution in [3.63, 3.8) is 0 Å². The van der Waals surface area contributed by atoms with Gasteiger partial charge in [0.25, 0.3) is 10.0 Å². The number of hydrogen-bond donors (Lipinski definition) is 1. The summed E-state index contributed by atoms with van der Waals surface area (Å²) >= 11 is 0. The predicted octanol–water partition coefficient (Wildman–Crippen LogP) is 1.87. The summed E-state index contributed by atoms with van der Waals surface area (Å²) in [6.45, 7) is 1.77. The maximum absolute atomic E-state index is 12.8. The summed E-state index contributed by atoms with van der Waals surface area (Å²) in [7, 11) is 0.390. The maximum Gasteiger partial charge on any atom is 0.340 e. The van der Waals surface area contributed by atoms with Gasteiger partial charge in [0.05, 0.1) is 31.2 Å². The van der Waals surface area contributed by atoms with E-state index in [9.17, 15) is 13.2 Å². The van der Waals surface area contributed by atoms with Crippen LogP contribution in [0.5, 0.6) is 5.75 Å². The molecule has 0 saturated carbocycles. The first-order chi connectivity index (χ1) is 12.8. The molecule has 2 aromatic heterocycles. The van der Waals surface area contributed by atoms with E-state index in [0.717, 1.165) is 0 Å². The van der Waals surface area contributed by atoms with Gasteiger partial charge >= 0.3 is 5.97 Å². The van der Waals surface area contributed by atoms with Crippen LogP contribution in [0.15, 0.2) is 35.4 Å². The minimum Gasteiger partial charge on any atom is -0.497 e. The number of aryl methyl sites for hydroxylation is 2. The molecule has 1 aromatic carbocycles. The Hall–Kier alpha value is -3.14. The van der Waals surface area contributed by atoms with E-state index in [-0.39, 0.29) is 16.1 Å². The standard InChI is InChI=1S/C17H18N4O5S/c1-10-13-8-12(9-18-16(13)21(2)19-10)27(23,24)20-15-6-5-11(25-3)7-14(15)17(22)26-4/h5-9,20H,1-4H3. The molecule has 3 aromatic rings. The summed E-state index contributed by atoms with van der Waals surface area (Å²) in [5.74, 6) is -0.296. The predicted molar refractivity (Wildman–Crippen MR) is 98.4 cm³/mol. The Balaban J connectivity index is 2.04. The average molecular weight is 390 g/mol. The highest BCUT2D eigenvalue weighted by molar-refractivity contribution is 7.92. The third kappa shape index (κ3) is 3.43. The Morgan fingerprint density at radius 3 is 2.63 bits per heavy atom. The number of methoxy groups -OCH3 is 2. The molecule has 0 atom stereocenters. The Kier molecular flexibility index (Phi) is 4.75. The van der Waals surface area contributed by atoms with Crippen LogP contribution in [-0.4, -0.2) is 43.4 Å². The molecule has 27 heavy (non-hydrogen) atoms. The number of sulfonamides is 1. The molecule has 0 spiro atoms. The van der Waals surface area contributed by atoms with Crippen LogP contribution in [0.4, 0.5) is 5.69 Å². The molecule has 1 N–H and O–H groups in total. The smallest absolute Gasteiger partial charge is 0.340 e. The Morgan fingerprint density at radius 2 is 1.96 bits per heavy atom. The monoisotopic (exact) mass is 390 g/mol. The molecule has 3 rings (SSSR count). The fourth-order valence-corrected chi connectivity index (χ4v) is 3.71. The molecule has 0 aliphatic heterocycles. The molecule has 0 radical (unpaired) electrons. The van der Waals surface area contributed by atoms with Crippen molar-refractivity contribution in [1.82, 2.24) is 14.8 Å². The van der Waals surface area contributed by atoms with Crippen molar-refractivity contribution in [3.05, 3.63) is 41.7 Å². The van der Waals surface area contributed by atoms with E-state index in [1.165, 1.54) is 44.7 Å². The van der Waals surface area contributed by atoms with Crippen molar-refractivity contribution in [2.75, 3.05) is 18.9 Å². The second-order valence-electron chi connectivity index (χ2n) is 5.76. The van der Waals surface area contributed by atoms with Gasteiger partial charge in [0.15, 0.2) is 5.65 Å². The fraction of sp³-hybridized carbons (Fsp3) is 0.235. The SMILES string of the molecule is COC(=O)c1cc(OC)ccc1NS(=O)(=O)c1cnc2c(c1)c(C)nn2C. The van der Waals surface area contributed by atoms with E-state index in [2.05, 4.69) is 14.8 Å². The van der Waals surface area contributed by atoms with Crippen molar-refractivity contribution in [2.24, 2.45) is 7.05 Å². The largest absolute Gasteiger partial charge is 0.497 e. The first-order valence-corrected chi connectivity index (χ1v) is 9.33. The summed E-state index contributed by atoms with van der Waals surface area (Å²) in [6, 6.07) is 5.87. The van der Waals surface area contributed by atoms with Crippen LogP contribution < -0.4 is 9.46 Å². The van der Waals surface area contributed by atoms with Crippen molar-refractivity contribution in [1.29, 1.82) is 0 Å². The van der Waals surface area contributed by atoms with Crippen LogP contribution >= 0.6 is 0 Å². The van der Waals surface area contributed by atoms with Crippen LogP contribution in [0.2, 0.25) is 0 Å². The third-order valence-electron chi connectivity index (χ3n) is 4.02. The van der Waals surface area contributed by atoms with Gasteiger partial charge in [-0.3, -0.25) is 9.40 Å². The lowest BCUT2D eigenvalue weighted by Crippen LogP contribution is -2.16. The molecule has 0 bridgehead atoms. The van der Waals surface area contributed by atoms with Crippen LogP contribution in [0.3, 0.4) is 0 Å². The number of nitrogens with zero attached hydrogens (tertiary/aromatic N) is 3. The number of hydrogen-bond acceptors (Lipinski definition) is 7. The van der Waals surface area contributed by atoms with Crippen LogP contribution in [0.25, 0.3) is 11.0 Å². The van der Waals surface area contributed by atoms with Gasteiger partial charge in [-0.25, -0.2) is 18.2 Å². The van der Waals surface area contributed by atoms with E-state index < -0.39 is 16.0 Å². The summed E-state index contributed by atoms with van der Waals surface area (Å²) in [5.41, 5.74) is 1.35. The molecular weight excluding hydrogens is 372 g/mol. The van der Waals surface area contributed by atoms with E-state index in [0.29, 0.717) is 22.5 Å². The summed E-state index contributed by atoms with van der Waals surface area (Å²) < 4.78 is 39.4. The molecule has 0 saturated heterocycles. The first kappa shape index (κ1) is 18.6. The van der Waals surface area contributed by atoms with E-state index in [1.807, 2.05) is 0 Å². The van der Waals surface area contributed by atoms with Gasteiger partial charge < -0.3 is 9.47 Å². The highest BCUT2D eigenvalue weighted by atomic mass is 32.2. The van der Waals surface area contributed by atoms with Crippen LogP contribution in [-0.2, 0) is 21.8 Å².